The van der Waals surface area contributed by atoms with Crippen LogP contribution in [0.25, 0.3) is 5.65 Å². The third kappa shape index (κ3) is 2.21. The van der Waals surface area contributed by atoms with E-state index in [0.717, 1.165) is 0 Å². The van der Waals surface area contributed by atoms with Crippen LogP contribution in [0, 0.1) is 12.8 Å². The van der Waals surface area contributed by atoms with Crippen LogP contribution in [-0.4, -0.2) is 37.3 Å². The van der Waals surface area contributed by atoms with Crippen LogP contribution in [0.1, 0.15) is 19.7 Å². The van der Waals surface area contributed by atoms with Gasteiger partial charge >= 0.3 is 5.69 Å². The molecule has 0 aliphatic heterocycles. The van der Waals surface area contributed by atoms with Gasteiger partial charge in [0.25, 0.3) is 0 Å². The van der Waals surface area contributed by atoms with Crippen LogP contribution in [0.2, 0.25) is 0 Å². The Morgan fingerprint density at radius 3 is 2.89 bits per heavy atom. The molecule has 0 aliphatic rings. The number of rotatable bonds is 4. The highest BCUT2D eigenvalue weighted by Gasteiger charge is 2.14. The molecule has 2 heterocycles. The first kappa shape index (κ1) is 12.6. The molecule has 0 saturated carbocycles. The summed E-state index contributed by atoms with van der Waals surface area (Å²) in [5.41, 5.74) is 0.208. The van der Waals surface area contributed by atoms with E-state index in [9.17, 15) is 9.90 Å². The number of nitrogens with zero attached hydrogens (tertiary/aromatic N) is 3. The summed E-state index contributed by atoms with van der Waals surface area (Å²) in [6.45, 7) is 5.78. The van der Waals surface area contributed by atoms with E-state index in [0.29, 0.717) is 17.3 Å². The zero-order valence-corrected chi connectivity index (χ0v) is 10.6. The van der Waals surface area contributed by atoms with Gasteiger partial charge in [0.2, 0.25) is 0 Å². The largest absolute Gasteiger partial charge is 0.394 e. The number of aliphatic hydroxyl groups excluding tert-OH is 1. The highest BCUT2D eigenvalue weighted by molar-refractivity contribution is 5.50. The van der Waals surface area contributed by atoms with E-state index >= 15 is 0 Å². The van der Waals surface area contributed by atoms with Gasteiger partial charge in [-0.05, 0) is 12.8 Å². The van der Waals surface area contributed by atoms with E-state index < -0.39 is 0 Å². The predicted octanol–water partition coefficient (Wildman–Crippen LogP) is 0.155. The summed E-state index contributed by atoms with van der Waals surface area (Å²) in [7, 11) is 0. The summed E-state index contributed by atoms with van der Waals surface area (Å²) in [6, 6.07) is 1.60. The van der Waals surface area contributed by atoms with Crippen LogP contribution in [0.5, 0.6) is 0 Å². The zero-order chi connectivity index (χ0) is 13.3. The van der Waals surface area contributed by atoms with Crippen molar-refractivity contribution in [1.82, 2.24) is 19.6 Å². The van der Waals surface area contributed by atoms with Gasteiger partial charge < -0.3 is 10.4 Å². The van der Waals surface area contributed by atoms with Crippen molar-refractivity contribution in [2.75, 3.05) is 11.9 Å². The fourth-order valence-electron chi connectivity index (χ4n) is 1.78. The average Bonchev–Trinajstić information content (AvgIpc) is 2.68. The van der Waals surface area contributed by atoms with Gasteiger partial charge in [-0.2, -0.15) is 5.10 Å². The highest BCUT2D eigenvalue weighted by atomic mass is 16.3. The Morgan fingerprint density at radius 1 is 1.56 bits per heavy atom. The molecule has 3 N–H and O–H groups in total. The first-order valence-electron chi connectivity index (χ1n) is 5.85. The Labute approximate surface area is 104 Å². The lowest BCUT2D eigenvalue weighted by molar-refractivity contribution is 0.249. The quantitative estimate of drug-likeness (QED) is 0.719. The molecule has 0 aliphatic carbocycles. The number of aliphatic hydroxyl groups is 1. The molecular formula is C11H17N5O2. The monoisotopic (exact) mass is 251 g/mol. The molecule has 1 atom stereocenters. The third-order valence-electron chi connectivity index (χ3n) is 2.90. The van der Waals surface area contributed by atoms with Gasteiger partial charge in [-0.25, -0.2) is 19.3 Å². The van der Waals surface area contributed by atoms with E-state index in [4.69, 9.17) is 0 Å². The maximum atomic E-state index is 11.4. The lowest BCUT2D eigenvalue weighted by atomic mass is 10.1. The maximum Gasteiger partial charge on any atom is 0.349 e. The Bertz CT molecular complexity index is 601. The molecule has 0 amide bonds. The minimum atomic E-state index is -0.302. The summed E-state index contributed by atoms with van der Waals surface area (Å²) in [5.74, 6) is 1.43. The topological polar surface area (TPSA) is 95.3 Å². The zero-order valence-electron chi connectivity index (χ0n) is 10.6. The Kier molecular flexibility index (Phi) is 3.33. The number of hydrogen-bond acceptors (Lipinski definition) is 5. The molecule has 7 heteroatoms. The van der Waals surface area contributed by atoms with Crippen molar-refractivity contribution in [2.24, 2.45) is 5.92 Å². The Morgan fingerprint density at radius 2 is 2.28 bits per heavy atom. The number of aromatic amines is 1. The Balaban J connectivity index is 2.38. The molecule has 7 nitrogen and oxygen atoms in total. The summed E-state index contributed by atoms with van der Waals surface area (Å²) in [5, 5.41) is 18.7. The molecule has 0 saturated heterocycles. The molecule has 98 valence electrons. The molecular weight excluding hydrogens is 234 g/mol. The summed E-state index contributed by atoms with van der Waals surface area (Å²) >= 11 is 0. The standard InChI is InChI=1S/C11H17N5O2/c1-6(2)8(5-17)13-9-4-10-14-15-11(18)16(10)7(3)12-9/h4,6,8,13,17H,5H2,1-3H3,(H,15,18)/t8-/m1/s1. The van der Waals surface area contributed by atoms with Crippen molar-refractivity contribution in [1.29, 1.82) is 0 Å². The minimum absolute atomic E-state index is 0.0247. The molecule has 0 unspecified atom stereocenters. The van der Waals surface area contributed by atoms with E-state index in [1.54, 1.807) is 13.0 Å². The van der Waals surface area contributed by atoms with E-state index in [-0.39, 0.29) is 24.3 Å². The van der Waals surface area contributed by atoms with Gasteiger partial charge in [0.1, 0.15) is 11.6 Å². The molecule has 0 bridgehead atoms. The molecule has 0 fully saturated rings. The van der Waals surface area contributed by atoms with Crippen molar-refractivity contribution in [3.8, 4) is 0 Å². The average molecular weight is 251 g/mol. The van der Waals surface area contributed by atoms with E-state index in [2.05, 4.69) is 20.5 Å². The second kappa shape index (κ2) is 4.77. The van der Waals surface area contributed by atoms with Crippen molar-refractivity contribution in [2.45, 2.75) is 26.8 Å². The fourth-order valence-corrected chi connectivity index (χ4v) is 1.78. The van der Waals surface area contributed by atoms with Crippen LogP contribution in [0.3, 0.4) is 0 Å². The smallest absolute Gasteiger partial charge is 0.349 e. The van der Waals surface area contributed by atoms with Crippen molar-refractivity contribution >= 4 is 11.5 Å². The molecule has 0 spiro atoms. The third-order valence-corrected chi connectivity index (χ3v) is 2.90. The second-order valence-electron chi connectivity index (χ2n) is 4.59. The van der Waals surface area contributed by atoms with Gasteiger partial charge in [0, 0.05) is 6.07 Å². The lowest BCUT2D eigenvalue weighted by Crippen LogP contribution is -2.30. The molecule has 0 radical (unpaired) electrons. The summed E-state index contributed by atoms with van der Waals surface area (Å²) in [6.07, 6.45) is 0. The predicted molar refractivity (Wildman–Crippen MR) is 67.7 cm³/mol. The van der Waals surface area contributed by atoms with Crippen LogP contribution < -0.4 is 11.0 Å². The second-order valence-corrected chi connectivity index (χ2v) is 4.59. The number of aryl methyl sites for hydroxylation is 1. The summed E-state index contributed by atoms with van der Waals surface area (Å²) in [4.78, 5) is 15.7. The maximum absolute atomic E-state index is 11.4. The number of H-pyrrole nitrogens is 1. The van der Waals surface area contributed by atoms with Crippen molar-refractivity contribution in [3.05, 3.63) is 22.4 Å². The fraction of sp³-hybridized carbons (Fsp3) is 0.545. The van der Waals surface area contributed by atoms with Gasteiger partial charge in [-0.3, -0.25) is 0 Å². The number of anilines is 1. The SMILES string of the molecule is Cc1nc(N[C@H](CO)C(C)C)cc2n[nH]c(=O)n12. The number of aromatic nitrogens is 4. The van der Waals surface area contributed by atoms with Gasteiger partial charge in [-0.15, -0.1) is 0 Å². The lowest BCUT2D eigenvalue weighted by Gasteiger charge is -2.20. The Hall–Kier alpha value is -1.89. The molecule has 2 rings (SSSR count). The van der Waals surface area contributed by atoms with Gasteiger partial charge in [0.05, 0.1) is 12.6 Å². The van der Waals surface area contributed by atoms with E-state index in [1.807, 2.05) is 13.8 Å². The summed E-state index contributed by atoms with van der Waals surface area (Å²) < 4.78 is 1.40. The van der Waals surface area contributed by atoms with Crippen LogP contribution in [0.15, 0.2) is 10.9 Å². The molecule has 0 aromatic carbocycles. The van der Waals surface area contributed by atoms with Gasteiger partial charge in [-0.1, -0.05) is 13.8 Å². The molecule has 2 aromatic heterocycles. The van der Waals surface area contributed by atoms with Crippen LogP contribution in [-0.2, 0) is 0 Å². The normalized spacial score (nSPS) is 13.2. The van der Waals surface area contributed by atoms with Crippen molar-refractivity contribution < 1.29 is 5.11 Å². The highest BCUT2D eigenvalue weighted by Crippen LogP contribution is 2.12. The van der Waals surface area contributed by atoms with Crippen molar-refractivity contribution in [3.63, 3.8) is 0 Å². The number of nitrogens with one attached hydrogen (secondary N) is 2. The number of hydrogen-bond donors (Lipinski definition) is 3. The van der Waals surface area contributed by atoms with Crippen LogP contribution in [0.4, 0.5) is 5.82 Å². The van der Waals surface area contributed by atoms with E-state index in [1.165, 1.54) is 4.40 Å². The van der Waals surface area contributed by atoms with Crippen LogP contribution >= 0.6 is 0 Å². The molecule has 2 aromatic rings. The first-order chi connectivity index (χ1) is 8.52. The number of fused-ring (bicyclic) bond motifs is 1. The first-order valence-corrected chi connectivity index (χ1v) is 5.85. The molecule has 18 heavy (non-hydrogen) atoms. The van der Waals surface area contributed by atoms with Gasteiger partial charge in [0.15, 0.2) is 5.65 Å². The minimum Gasteiger partial charge on any atom is -0.394 e.